The molecule has 2 N–H and O–H groups in total. The molecule has 0 atom stereocenters. The Morgan fingerprint density at radius 2 is 1.95 bits per heavy atom. The van der Waals surface area contributed by atoms with E-state index in [0.29, 0.717) is 11.4 Å². The van der Waals surface area contributed by atoms with Gasteiger partial charge in [0.15, 0.2) is 0 Å². The molecule has 1 aromatic heterocycles. The second kappa shape index (κ2) is 6.94. The molecule has 0 amide bonds. The van der Waals surface area contributed by atoms with Gasteiger partial charge >= 0.3 is 0 Å². The summed E-state index contributed by atoms with van der Waals surface area (Å²) in [4.78, 5) is 0.382. The van der Waals surface area contributed by atoms with E-state index in [1.165, 1.54) is 6.42 Å². The fourth-order valence-corrected chi connectivity index (χ4v) is 4.31. The Bertz CT molecular complexity index is 557. The molecule has 1 aliphatic rings. The molecule has 1 heterocycles. The Labute approximate surface area is 128 Å². The van der Waals surface area contributed by atoms with Crippen molar-refractivity contribution in [3.05, 3.63) is 18.0 Å². The fraction of sp³-hybridized carbons (Fsp3) is 0.733. The van der Waals surface area contributed by atoms with Crippen LogP contribution in [0.2, 0.25) is 0 Å². The van der Waals surface area contributed by atoms with Crippen molar-refractivity contribution in [2.24, 2.45) is 0 Å². The van der Waals surface area contributed by atoms with Crippen LogP contribution in [0.25, 0.3) is 0 Å². The standard InChI is InChI=1S/C15H27N3O2S/c1-12(2)18-11-15(9-14(18)10-16-3)21(19,20)17-13-7-5-4-6-8-13/h9,11-13,16-17H,4-8,10H2,1-3H3. The van der Waals surface area contributed by atoms with E-state index in [-0.39, 0.29) is 12.1 Å². The highest BCUT2D eigenvalue weighted by atomic mass is 32.2. The number of hydrogen-bond acceptors (Lipinski definition) is 3. The van der Waals surface area contributed by atoms with Gasteiger partial charge in [-0.3, -0.25) is 0 Å². The highest BCUT2D eigenvalue weighted by Gasteiger charge is 2.24. The Hall–Kier alpha value is -0.850. The summed E-state index contributed by atoms with van der Waals surface area (Å²) in [7, 11) is -1.54. The van der Waals surface area contributed by atoms with Gasteiger partial charge in [0.1, 0.15) is 0 Å². The highest BCUT2D eigenvalue weighted by molar-refractivity contribution is 7.89. The van der Waals surface area contributed by atoms with Crippen LogP contribution in [0.3, 0.4) is 0 Å². The van der Waals surface area contributed by atoms with E-state index in [9.17, 15) is 8.42 Å². The van der Waals surface area contributed by atoms with Crippen molar-refractivity contribution in [2.45, 2.75) is 69.5 Å². The first kappa shape index (κ1) is 16.5. The van der Waals surface area contributed by atoms with Gasteiger partial charge < -0.3 is 9.88 Å². The molecule has 6 heteroatoms. The summed E-state index contributed by atoms with van der Waals surface area (Å²) in [5, 5.41) is 3.09. The Morgan fingerprint density at radius 3 is 2.52 bits per heavy atom. The Kier molecular flexibility index (Phi) is 5.46. The van der Waals surface area contributed by atoms with Crippen molar-refractivity contribution in [1.82, 2.24) is 14.6 Å². The molecule has 1 aliphatic carbocycles. The van der Waals surface area contributed by atoms with Gasteiger partial charge in [0.25, 0.3) is 0 Å². The third kappa shape index (κ3) is 4.08. The topological polar surface area (TPSA) is 63.1 Å². The molecular formula is C15H27N3O2S. The zero-order chi connectivity index (χ0) is 15.5. The number of nitrogens with one attached hydrogen (secondary N) is 2. The molecule has 0 radical (unpaired) electrons. The smallest absolute Gasteiger partial charge is 0.242 e. The highest BCUT2D eigenvalue weighted by Crippen LogP contribution is 2.22. The van der Waals surface area contributed by atoms with Gasteiger partial charge in [-0.1, -0.05) is 19.3 Å². The van der Waals surface area contributed by atoms with Gasteiger partial charge in [-0.05, 0) is 39.8 Å². The first-order valence-corrected chi connectivity index (χ1v) is 9.30. The maximum atomic E-state index is 12.5. The molecule has 2 rings (SSSR count). The average Bonchev–Trinajstić information content (AvgIpc) is 2.85. The summed E-state index contributed by atoms with van der Waals surface area (Å²) >= 11 is 0. The lowest BCUT2D eigenvalue weighted by molar-refractivity contribution is 0.412. The second-order valence-corrected chi connectivity index (χ2v) is 7.87. The van der Waals surface area contributed by atoms with Crippen molar-refractivity contribution in [2.75, 3.05) is 7.05 Å². The van der Waals surface area contributed by atoms with Crippen LogP contribution >= 0.6 is 0 Å². The van der Waals surface area contributed by atoms with Crippen LogP contribution in [-0.4, -0.2) is 26.1 Å². The van der Waals surface area contributed by atoms with Crippen LogP contribution in [-0.2, 0) is 16.6 Å². The third-order valence-electron chi connectivity index (χ3n) is 4.06. The quantitative estimate of drug-likeness (QED) is 0.847. The van der Waals surface area contributed by atoms with E-state index in [1.54, 1.807) is 12.3 Å². The minimum absolute atomic E-state index is 0.0962. The fourth-order valence-electron chi connectivity index (χ4n) is 2.96. The summed E-state index contributed by atoms with van der Waals surface area (Å²) in [6.45, 7) is 4.78. The number of nitrogens with zero attached hydrogens (tertiary/aromatic N) is 1. The number of sulfonamides is 1. The number of rotatable bonds is 6. The Morgan fingerprint density at radius 1 is 1.29 bits per heavy atom. The molecule has 0 spiro atoms. The lowest BCUT2D eigenvalue weighted by Crippen LogP contribution is -2.36. The van der Waals surface area contributed by atoms with Crippen molar-refractivity contribution in [3.8, 4) is 0 Å². The molecular weight excluding hydrogens is 286 g/mol. The van der Waals surface area contributed by atoms with Gasteiger partial charge in [0, 0.05) is 30.5 Å². The first-order chi connectivity index (χ1) is 9.94. The van der Waals surface area contributed by atoms with Crippen molar-refractivity contribution < 1.29 is 8.42 Å². The average molecular weight is 313 g/mol. The normalized spacial score (nSPS) is 17.5. The minimum Gasteiger partial charge on any atom is -0.346 e. The van der Waals surface area contributed by atoms with E-state index in [4.69, 9.17) is 0 Å². The lowest BCUT2D eigenvalue weighted by Gasteiger charge is -2.22. The summed E-state index contributed by atoms with van der Waals surface area (Å²) in [6, 6.07) is 2.12. The molecule has 5 nitrogen and oxygen atoms in total. The van der Waals surface area contributed by atoms with Crippen LogP contribution in [0.4, 0.5) is 0 Å². The van der Waals surface area contributed by atoms with E-state index in [2.05, 4.69) is 23.9 Å². The van der Waals surface area contributed by atoms with Gasteiger partial charge in [0.05, 0.1) is 4.90 Å². The van der Waals surface area contributed by atoms with Crippen molar-refractivity contribution in [3.63, 3.8) is 0 Å². The predicted octanol–water partition coefficient (Wildman–Crippen LogP) is 2.40. The van der Waals surface area contributed by atoms with E-state index >= 15 is 0 Å². The molecule has 21 heavy (non-hydrogen) atoms. The lowest BCUT2D eigenvalue weighted by atomic mass is 9.96. The molecule has 0 unspecified atom stereocenters. The largest absolute Gasteiger partial charge is 0.346 e. The van der Waals surface area contributed by atoms with E-state index in [1.807, 2.05) is 11.6 Å². The minimum atomic E-state index is -3.41. The monoisotopic (exact) mass is 313 g/mol. The van der Waals surface area contributed by atoms with Crippen LogP contribution in [0.15, 0.2) is 17.2 Å². The second-order valence-electron chi connectivity index (χ2n) is 6.15. The summed E-state index contributed by atoms with van der Waals surface area (Å²) in [5.41, 5.74) is 0.997. The first-order valence-electron chi connectivity index (χ1n) is 7.81. The van der Waals surface area contributed by atoms with Crippen LogP contribution in [0.5, 0.6) is 0 Å². The van der Waals surface area contributed by atoms with Gasteiger partial charge in [-0.25, -0.2) is 13.1 Å². The predicted molar refractivity (Wildman–Crippen MR) is 84.8 cm³/mol. The molecule has 0 saturated heterocycles. The van der Waals surface area contributed by atoms with Crippen LogP contribution in [0, 0.1) is 0 Å². The zero-order valence-corrected chi connectivity index (χ0v) is 14.0. The third-order valence-corrected chi connectivity index (χ3v) is 5.55. The van der Waals surface area contributed by atoms with Crippen molar-refractivity contribution in [1.29, 1.82) is 0 Å². The van der Waals surface area contributed by atoms with E-state index in [0.717, 1.165) is 31.4 Å². The molecule has 1 saturated carbocycles. The van der Waals surface area contributed by atoms with Crippen LogP contribution < -0.4 is 10.0 Å². The molecule has 1 aromatic rings. The van der Waals surface area contributed by atoms with Gasteiger partial charge in [-0.15, -0.1) is 0 Å². The van der Waals surface area contributed by atoms with E-state index < -0.39 is 10.0 Å². The SMILES string of the molecule is CNCc1cc(S(=O)(=O)NC2CCCCC2)cn1C(C)C. The maximum Gasteiger partial charge on any atom is 0.242 e. The maximum absolute atomic E-state index is 12.5. The van der Waals surface area contributed by atoms with Crippen molar-refractivity contribution >= 4 is 10.0 Å². The van der Waals surface area contributed by atoms with Crippen LogP contribution in [0.1, 0.15) is 57.7 Å². The number of hydrogen-bond donors (Lipinski definition) is 2. The molecule has 120 valence electrons. The summed E-state index contributed by atoms with van der Waals surface area (Å²) in [5.74, 6) is 0. The van der Waals surface area contributed by atoms with Gasteiger partial charge in [0.2, 0.25) is 10.0 Å². The summed E-state index contributed by atoms with van der Waals surface area (Å²) in [6.07, 6.45) is 7.11. The number of aromatic nitrogens is 1. The zero-order valence-electron chi connectivity index (χ0n) is 13.2. The Balaban J connectivity index is 2.20. The molecule has 0 bridgehead atoms. The molecule has 1 fully saturated rings. The van der Waals surface area contributed by atoms with Gasteiger partial charge in [-0.2, -0.15) is 0 Å². The summed E-state index contributed by atoms with van der Waals surface area (Å²) < 4.78 is 30.0. The molecule has 0 aromatic carbocycles. The molecule has 0 aliphatic heterocycles.